The second-order valence-corrected chi connectivity index (χ2v) is 6.35. The van der Waals surface area contributed by atoms with E-state index in [-0.39, 0.29) is 0 Å². The zero-order valence-electron chi connectivity index (χ0n) is 15.8. The topological polar surface area (TPSA) is 73.9 Å². The van der Waals surface area contributed by atoms with Gasteiger partial charge in [-0.15, -0.1) is 10.2 Å². The molecule has 2 aromatic heterocycles. The maximum atomic E-state index is 5.48. The van der Waals surface area contributed by atoms with E-state index < -0.39 is 0 Å². The first-order chi connectivity index (χ1) is 13.7. The average Bonchev–Trinajstić information content (AvgIpc) is 3.15. The van der Waals surface area contributed by atoms with Crippen LogP contribution in [-0.4, -0.2) is 27.3 Å². The van der Waals surface area contributed by atoms with Crippen molar-refractivity contribution in [1.82, 2.24) is 20.2 Å². The van der Waals surface area contributed by atoms with Gasteiger partial charge in [-0.2, -0.15) is 0 Å². The van der Waals surface area contributed by atoms with Crippen LogP contribution < -0.4 is 4.74 Å². The van der Waals surface area contributed by atoms with Crippen LogP contribution in [0, 0.1) is 6.92 Å². The van der Waals surface area contributed by atoms with Gasteiger partial charge in [0.15, 0.2) is 0 Å². The number of nitrogens with zero attached hydrogens (tertiary/aromatic N) is 4. The Bertz CT molecular complexity index is 1130. The third-order valence-electron chi connectivity index (χ3n) is 4.30. The number of allylic oxidation sites excluding steroid dienone is 1. The van der Waals surface area contributed by atoms with Crippen LogP contribution in [0.1, 0.15) is 23.8 Å². The lowest BCUT2D eigenvalue weighted by Crippen LogP contribution is -1.96. The molecule has 0 bridgehead atoms. The van der Waals surface area contributed by atoms with Gasteiger partial charge in [0.1, 0.15) is 5.69 Å². The van der Waals surface area contributed by atoms with E-state index in [1.54, 1.807) is 14.0 Å². The SMILES string of the molecule is COc1nc2ccccc2nc1-c1cccc(/C=C/CCc2nnc(C)o2)c1. The molecule has 0 aliphatic heterocycles. The molecule has 6 nitrogen and oxygen atoms in total. The van der Waals surface area contributed by atoms with Gasteiger partial charge in [0.05, 0.1) is 18.1 Å². The second-order valence-electron chi connectivity index (χ2n) is 6.35. The Balaban J connectivity index is 1.56. The number of methoxy groups -OCH3 is 1. The molecule has 0 unspecified atom stereocenters. The van der Waals surface area contributed by atoms with E-state index in [4.69, 9.17) is 14.1 Å². The lowest BCUT2D eigenvalue weighted by Gasteiger charge is -2.09. The molecule has 2 aromatic carbocycles. The Morgan fingerprint density at radius 3 is 2.57 bits per heavy atom. The van der Waals surface area contributed by atoms with Crippen LogP contribution in [-0.2, 0) is 6.42 Å². The third-order valence-corrected chi connectivity index (χ3v) is 4.30. The van der Waals surface area contributed by atoms with Crippen molar-refractivity contribution in [2.75, 3.05) is 7.11 Å². The van der Waals surface area contributed by atoms with Crippen LogP contribution in [0.25, 0.3) is 28.4 Å². The fourth-order valence-electron chi connectivity index (χ4n) is 2.97. The predicted octanol–water partition coefficient (Wildman–Crippen LogP) is 4.64. The Hall–Kier alpha value is -3.54. The van der Waals surface area contributed by atoms with Crippen molar-refractivity contribution in [1.29, 1.82) is 0 Å². The summed E-state index contributed by atoms with van der Waals surface area (Å²) in [6.07, 6.45) is 5.72. The standard InChI is InChI=1S/C22H20N4O2/c1-15-25-26-20(28-15)13-6-3-8-16-9-7-10-17(14-16)21-22(27-2)24-19-12-5-4-11-18(19)23-21/h3-5,7-12,14H,6,13H2,1-2H3/b8-3+. The Morgan fingerprint density at radius 2 is 1.82 bits per heavy atom. The van der Waals surface area contributed by atoms with Gasteiger partial charge >= 0.3 is 0 Å². The molecule has 0 radical (unpaired) electrons. The normalized spacial score (nSPS) is 11.4. The van der Waals surface area contributed by atoms with Crippen LogP contribution in [0.5, 0.6) is 5.88 Å². The van der Waals surface area contributed by atoms with Gasteiger partial charge in [-0.3, -0.25) is 0 Å². The summed E-state index contributed by atoms with van der Waals surface area (Å²) in [4.78, 5) is 9.34. The number of para-hydroxylation sites is 2. The van der Waals surface area contributed by atoms with E-state index >= 15 is 0 Å². The summed E-state index contributed by atoms with van der Waals surface area (Å²) < 4.78 is 10.9. The van der Waals surface area contributed by atoms with Crippen molar-refractivity contribution in [2.45, 2.75) is 19.8 Å². The van der Waals surface area contributed by atoms with Crippen LogP contribution in [0.15, 0.2) is 59.0 Å². The highest BCUT2D eigenvalue weighted by Gasteiger charge is 2.11. The number of rotatable bonds is 6. The van der Waals surface area contributed by atoms with Gasteiger partial charge in [0.25, 0.3) is 0 Å². The molecule has 6 heteroatoms. The number of hydrogen-bond donors (Lipinski definition) is 0. The summed E-state index contributed by atoms with van der Waals surface area (Å²) in [6, 6.07) is 15.9. The number of hydrogen-bond acceptors (Lipinski definition) is 6. The lowest BCUT2D eigenvalue weighted by atomic mass is 10.1. The second kappa shape index (κ2) is 8.00. The molecule has 0 amide bonds. The van der Waals surface area contributed by atoms with E-state index in [1.165, 1.54) is 0 Å². The highest BCUT2D eigenvalue weighted by atomic mass is 16.5. The monoisotopic (exact) mass is 372 g/mol. The van der Waals surface area contributed by atoms with Gasteiger partial charge in [0.2, 0.25) is 17.7 Å². The lowest BCUT2D eigenvalue weighted by molar-refractivity contribution is 0.400. The molecule has 0 aliphatic carbocycles. The quantitative estimate of drug-likeness (QED) is 0.491. The molecule has 0 aliphatic rings. The maximum absolute atomic E-state index is 5.48. The third kappa shape index (κ3) is 3.91. The van der Waals surface area contributed by atoms with E-state index in [2.05, 4.69) is 39.5 Å². The molecular formula is C22H20N4O2. The van der Waals surface area contributed by atoms with Gasteiger partial charge in [-0.1, -0.05) is 42.5 Å². The van der Waals surface area contributed by atoms with Crippen LogP contribution in [0.4, 0.5) is 0 Å². The van der Waals surface area contributed by atoms with Crippen molar-refractivity contribution in [3.8, 4) is 17.1 Å². The first kappa shape index (κ1) is 17.9. The summed E-state index contributed by atoms with van der Waals surface area (Å²) in [5.74, 6) is 1.77. The van der Waals surface area contributed by atoms with Gasteiger partial charge in [-0.25, -0.2) is 9.97 Å². The van der Waals surface area contributed by atoms with Crippen LogP contribution >= 0.6 is 0 Å². The highest BCUT2D eigenvalue weighted by Crippen LogP contribution is 2.29. The molecule has 4 rings (SSSR count). The number of fused-ring (bicyclic) bond motifs is 1. The largest absolute Gasteiger partial charge is 0.479 e. The Kier molecular flexibility index (Phi) is 5.10. The maximum Gasteiger partial charge on any atom is 0.240 e. The summed E-state index contributed by atoms with van der Waals surface area (Å²) in [6.45, 7) is 1.79. The number of aromatic nitrogens is 4. The molecule has 0 saturated carbocycles. The molecule has 140 valence electrons. The Morgan fingerprint density at radius 1 is 1.00 bits per heavy atom. The van der Waals surface area contributed by atoms with Crippen molar-refractivity contribution in [3.05, 3.63) is 72.0 Å². The van der Waals surface area contributed by atoms with Crippen molar-refractivity contribution < 1.29 is 9.15 Å². The molecule has 2 heterocycles. The fraction of sp³-hybridized carbons (Fsp3) is 0.182. The minimum atomic E-state index is 0.520. The summed E-state index contributed by atoms with van der Waals surface area (Å²) in [5.41, 5.74) is 4.43. The molecule has 4 aromatic rings. The number of aryl methyl sites for hydroxylation is 2. The predicted molar refractivity (Wildman–Crippen MR) is 108 cm³/mol. The molecule has 0 saturated heterocycles. The van der Waals surface area contributed by atoms with E-state index in [1.807, 2.05) is 36.4 Å². The Labute approximate surface area is 162 Å². The molecule has 0 N–H and O–H groups in total. The van der Waals surface area contributed by atoms with Crippen molar-refractivity contribution >= 4 is 17.1 Å². The zero-order valence-corrected chi connectivity index (χ0v) is 15.8. The molecule has 28 heavy (non-hydrogen) atoms. The van der Waals surface area contributed by atoms with Crippen LogP contribution in [0.2, 0.25) is 0 Å². The first-order valence-electron chi connectivity index (χ1n) is 9.09. The number of ether oxygens (including phenoxy) is 1. The molecule has 0 spiro atoms. The number of benzene rings is 2. The van der Waals surface area contributed by atoms with E-state index in [9.17, 15) is 0 Å². The minimum Gasteiger partial charge on any atom is -0.479 e. The summed E-state index contributed by atoms with van der Waals surface area (Å²) in [7, 11) is 1.62. The molecular weight excluding hydrogens is 352 g/mol. The molecule has 0 atom stereocenters. The highest BCUT2D eigenvalue weighted by molar-refractivity contribution is 5.80. The van der Waals surface area contributed by atoms with Gasteiger partial charge in [0, 0.05) is 18.9 Å². The smallest absolute Gasteiger partial charge is 0.240 e. The average molecular weight is 372 g/mol. The van der Waals surface area contributed by atoms with Crippen LogP contribution in [0.3, 0.4) is 0 Å². The first-order valence-corrected chi connectivity index (χ1v) is 9.09. The molecule has 0 fully saturated rings. The fourth-order valence-corrected chi connectivity index (χ4v) is 2.97. The van der Waals surface area contributed by atoms with Gasteiger partial charge in [-0.05, 0) is 30.2 Å². The van der Waals surface area contributed by atoms with Crippen molar-refractivity contribution in [3.63, 3.8) is 0 Å². The van der Waals surface area contributed by atoms with Gasteiger partial charge < -0.3 is 9.15 Å². The zero-order chi connectivity index (χ0) is 19.3. The summed E-state index contributed by atoms with van der Waals surface area (Å²) in [5, 5.41) is 7.85. The summed E-state index contributed by atoms with van der Waals surface area (Å²) >= 11 is 0. The van der Waals surface area contributed by atoms with E-state index in [0.29, 0.717) is 17.7 Å². The van der Waals surface area contributed by atoms with Crippen molar-refractivity contribution in [2.24, 2.45) is 0 Å². The minimum absolute atomic E-state index is 0.520. The van der Waals surface area contributed by atoms with E-state index in [0.717, 1.165) is 40.7 Å².